The lowest BCUT2D eigenvalue weighted by Crippen LogP contribution is -2.36. The lowest BCUT2D eigenvalue weighted by Gasteiger charge is -2.28. The van der Waals surface area contributed by atoms with E-state index in [4.69, 9.17) is 0 Å². The van der Waals surface area contributed by atoms with Gasteiger partial charge in [-0.3, -0.25) is 19.5 Å². The molecule has 35 heavy (non-hydrogen) atoms. The van der Waals surface area contributed by atoms with Gasteiger partial charge in [0, 0.05) is 37.2 Å². The van der Waals surface area contributed by atoms with E-state index in [1.807, 2.05) is 36.4 Å². The number of carbonyl (C=O) groups excluding carboxylic acids is 3. The van der Waals surface area contributed by atoms with Gasteiger partial charge in [-0.15, -0.1) is 11.3 Å². The van der Waals surface area contributed by atoms with Crippen LogP contribution in [0.1, 0.15) is 9.67 Å². The Bertz CT molecular complexity index is 1470. The topological polar surface area (TPSA) is 116 Å². The minimum absolute atomic E-state index is 0.230. The first-order valence-corrected chi connectivity index (χ1v) is 11.6. The molecule has 3 N–H and O–H groups in total. The van der Waals surface area contributed by atoms with Crippen LogP contribution in [0, 0.1) is 0 Å². The molecule has 5 rings (SSSR count). The highest BCUT2D eigenvalue weighted by atomic mass is 32.1. The van der Waals surface area contributed by atoms with Gasteiger partial charge in [-0.2, -0.15) is 0 Å². The Kier molecular flexibility index (Phi) is 5.94. The van der Waals surface area contributed by atoms with E-state index in [-0.39, 0.29) is 30.9 Å². The van der Waals surface area contributed by atoms with Crippen molar-refractivity contribution in [3.8, 4) is 11.1 Å². The molecule has 0 atom stereocenters. The second-order valence-corrected chi connectivity index (χ2v) is 8.62. The SMILES string of the molecule is C=CC(=O)NCCNC(=O)c1sc2nccc3c2c1NC(=O)N3c1cccc(-c2cccnc2)c1. The monoisotopic (exact) mass is 484 g/mol. The molecule has 3 aromatic heterocycles. The van der Waals surface area contributed by atoms with E-state index in [0.29, 0.717) is 32.2 Å². The number of hydrogen-bond acceptors (Lipinski definition) is 6. The van der Waals surface area contributed by atoms with Crippen LogP contribution < -0.4 is 20.9 Å². The van der Waals surface area contributed by atoms with Gasteiger partial charge in [0.1, 0.15) is 9.71 Å². The predicted molar refractivity (Wildman–Crippen MR) is 136 cm³/mol. The van der Waals surface area contributed by atoms with Crippen molar-refractivity contribution in [2.45, 2.75) is 0 Å². The van der Waals surface area contributed by atoms with Crippen molar-refractivity contribution in [2.24, 2.45) is 0 Å². The Morgan fingerprint density at radius 2 is 1.91 bits per heavy atom. The molecule has 0 saturated heterocycles. The quantitative estimate of drug-likeness (QED) is 0.270. The fourth-order valence-corrected chi connectivity index (χ4v) is 4.91. The molecule has 0 saturated carbocycles. The van der Waals surface area contributed by atoms with Gasteiger partial charge in [-0.25, -0.2) is 9.78 Å². The molecule has 0 spiro atoms. The molecule has 10 heteroatoms. The highest BCUT2D eigenvalue weighted by molar-refractivity contribution is 7.21. The maximum absolute atomic E-state index is 13.3. The zero-order valence-corrected chi connectivity index (χ0v) is 19.3. The van der Waals surface area contributed by atoms with Crippen LogP contribution in [-0.4, -0.2) is 40.9 Å². The number of amides is 4. The van der Waals surface area contributed by atoms with Crippen molar-refractivity contribution < 1.29 is 14.4 Å². The highest BCUT2D eigenvalue weighted by Crippen LogP contribution is 2.45. The summed E-state index contributed by atoms with van der Waals surface area (Å²) in [6, 6.07) is 12.8. The first kappa shape index (κ1) is 22.2. The van der Waals surface area contributed by atoms with Crippen molar-refractivity contribution in [1.29, 1.82) is 0 Å². The van der Waals surface area contributed by atoms with Crippen LogP contribution in [0.25, 0.3) is 21.3 Å². The Labute approximate surface area is 204 Å². The lowest BCUT2D eigenvalue weighted by atomic mass is 10.1. The molecular formula is C25H20N6O3S. The summed E-state index contributed by atoms with van der Waals surface area (Å²) in [6.45, 7) is 3.87. The number of pyridine rings is 2. The summed E-state index contributed by atoms with van der Waals surface area (Å²) in [4.78, 5) is 48.6. The van der Waals surface area contributed by atoms with Crippen molar-refractivity contribution in [2.75, 3.05) is 23.3 Å². The lowest BCUT2D eigenvalue weighted by molar-refractivity contribution is -0.116. The number of thiophene rings is 1. The van der Waals surface area contributed by atoms with Crippen LogP contribution in [-0.2, 0) is 4.79 Å². The van der Waals surface area contributed by atoms with Gasteiger partial charge in [0.2, 0.25) is 5.91 Å². The van der Waals surface area contributed by atoms with Crippen LogP contribution in [0.5, 0.6) is 0 Å². The van der Waals surface area contributed by atoms with Gasteiger partial charge >= 0.3 is 6.03 Å². The number of aromatic nitrogens is 2. The van der Waals surface area contributed by atoms with Gasteiger partial charge in [-0.05, 0) is 35.9 Å². The molecule has 1 aromatic carbocycles. The average Bonchev–Trinajstić information content (AvgIpc) is 3.26. The number of anilines is 3. The van der Waals surface area contributed by atoms with Crippen LogP contribution in [0.3, 0.4) is 0 Å². The van der Waals surface area contributed by atoms with E-state index in [2.05, 4.69) is 32.5 Å². The van der Waals surface area contributed by atoms with Crippen LogP contribution in [0.15, 0.2) is 73.7 Å². The molecule has 0 radical (unpaired) electrons. The number of nitrogens with one attached hydrogen (secondary N) is 3. The molecule has 4 aromatic rings. The van der Waals surface area contributed by atoms with E-state index in [0.717, 1.165) is 11.1 Å². The van der Waals surface area contributed by atoms with E-state index in [9.17, 15) is 14.4 Å². The number of hydrogen-bond donors (Lipinski definition) is 3. The third-order valence-corrected chi connectivity index (χ3v) is 6.54. The van der Waals surface area contributed by atoms with Crippen LogP contribution in [0.2, 0.25) is 0 Å². The Morgan fingerprint density at radius 1 is 1.09 bits per heavy atom. The largest absolute Gasteiger partial charge is 0.351 e. The van der Waals surface area contributed by atoms with Crippen molar-refractivity contribution in [1.82, 2.24) is 20.6 Å². The number of urea groups is 1. The molecule has 174 valence electrons. The summed E-state index contributed by atoms with van der Waals surface area (Å²) in [7, 11) is 0. The fraction of sp³-hybridized carbons (Fsp3) is 0.0800. The summed E-state index contributed by atoms with van der Waals surface area (Å²) in [5.74, 6) is -0.667. The second-order valence-electron chi connectivity index (χ2n) is 7.63. The third-order valence-electron chi connectivity index (χ3n) is 5.45. The second kappa shape index (κ2) is 9.35. The van der Waals surface area contributed by atoms with Crippen LogP contribution in [0.4, 0.5) is 21.9 Å². The maximum Gasteiger partial charge on any atom is 0.331 e. The molecule has 0 fully saturated rings. The summed E-state index contributed by atoms with van der Waals surface area (Å²) in [5, 5.41) is 8.95. The molecule has 4 amide bonds. The maximum atomic E-state index is 13.3. The Morgan fingerprint density at radius 3 is 2.71 bits per heavy atom. The van der Waals surface area contributed by atoms with Gasteiger partial charge in [0.05, 0.1) is 22.4 Å². The molecule has 9 nitrogen and oxygen atoms in total. The normalized spacial score (nSPS) is 12.2. The fourth-order valence-electron chi connectivity index (χ4n) is 3.87. The van der Waals surface area contributed by atoms with Crippen molar-refractivity contribution in [3.05, 3.63) is 78.6 Å². The van der Waals surface area contributed by atoms with E-state index in [1.165, 1.54) is 17.4 Å². The number of benzene rings is 1. The van der Waals surface area contributed by atoms with E-state index < -0.39 is 0 Å². The Balaban J connectivity index is 1.48. The van der Waals surface area contributed by atoms with Gasteiger partial charge in [-0.1, -0.05) is 24.8 Å². The third kappa shape index (κ3) is 4.22. The summed E-state index contributed by atoms with van der Waals surface area (Å²) in [5.41, 5.74) is 3.62. The standard InChI is InChI=1S/C25H20N6O3S/c1-2-19(32)27-11-12-28-23(33)22-21-20-18(8-10-29-24(20)35-22)31(25(34)30-21)17-7-3-5-15(13-17)16-6-4-9-26-14-16/h2-10,13-14H,1,11-12H2,(H,27,32)(H,28,33)(H,30,34). The average molecular weight is 485 g/mol. The molecule has 0 aliphatic carbocycles. The summed E-state index contributed by atoms with van der Waals surface area (Å²) >= 11 is 1.20. The Hall–Kier alpha value is -4.57. The van der Waals surface area contributed by atoms with Gasteiger partial charge < -0.3 is 16.0 Å². The first-order chi connectivity index (χ1) is 17.1. The predicted octanol–water partition coefficient (Wildman–Crippen LogP) is 4.07. The zero-order chi connectivity index (χ0) is 24.4. The number of rotatable bonds is 7. The summed E-state index contributed by atoms with van der Waals surface area (Å²) in [6.07, 6.45) is 6.27. The van der Waals surface area contributed by atoms with Crippen LogP contribution >= 0.6 is 11.3 Å². The molecule has 0 unspecified atom stereocenters. The van der Waals surface area contributed by atoms with Crippen molar-refractivity contribution >= 4 is 56.5 Å². The number of nitrogens with zero attached hydrogens (tertiary/aromatic N) is 3. The van der Waals surface area contributed by atoms with Gasteiger partial charge in [0.25, 0.3) is 5.91 Å². The smallest absolute Gasteiger partial charge is 0.331 e. The van der Waals surface area contributed by atoms with E-state index in [1.54, 1.807) is 29.6 Å². The molecule has 1 aliphatic heterocycles. The molecular weight excluding hydrogens is 464 g/mol. The minimum Gasteiger partial charge on any atom is -0.351 e. The minimum atomic E-state index is -0.376. The number of carbonyl (C=O) groups is 3. The molecule has 0 bridgehead atoms. The van der Waals surface area contributed by atoms with Gasteiger partial charge in [0.15, 0.2) is 0 Å². The van der Waals surface area contributed by atoms with E-state index >= 15 is 0 Å². The highest BCUT2D eigenvalue weighted by Gasteiger charge is 2.32. The molecule has 1 aliphatic rings. The molecule has 4 heterocycles. The zero-order valence-electron chi connectivity index (χ0n) is 18.4. The van der Waals surface area contributed by atoms with Crippen molar-refractivity contribution in [3.63, 3.8) is 0 Å². The first-order valence-electron chi connectivity index (χ1n) is 10.8. The summed E-state index contributed by atoms with van der Waals surface area (Å²) < 4.78 is 0.